The van der Waals surface area contributed by atoms with Gasteiger partial charge in [0.1, 0.15) is 6.26 Å². The summed E-state index contributed by atoms with van der Waals surface area (Å²) in [7, 11) is 0. The van der Waals surface area contributed by atoms with Crippen LogP contribution in [0.5, 0.6) is 0 Å². The highest BCUT2D eigenvalue weighted by Crippen LogP contribution is 2.16. The number of carboxylic acids is 1. The number of rotatable bonds is 5. The van der Waals surface area contributed by atoms with Gasteiger partial charge in [-0.3, -0.25) is 9.78 Å². The predicted molar refractivity (Wildman–Crippen MR) is 68.4 cm³/mol. The molecule has 2 aromatic heterocycles. The van der Waals surface area contributed by atoms with Crippen molar-refractivity contribution >= 4 is 11.8 Å². The molecule has 0 amide bonds. The number of pyridine rings is 1. The first kappa shape index (κ1) is 13.5. The van der Waals surface area contributed by atoms with Gasteiger partial charge in [-0.05, 0) is 12.1 Å². The van der Waals surface area contributed by atoms with E-state index in [9.17, 15) is 9.59 Å². The molecule has 0 fully saturated rings. The van der Waals surface area contributed by atoms with Crippen LogP contribution in [0.1, 0.15) is 21.6 Å². The third kappa shape index (κ3) is 3.11. The van der Waals surface area contributed by atoms with Gasteiger partial charge in [-0.25, -0.2) is 4.79 Å². The number of aliphatic hydroxyl groups is 1. The van der Waals surface area contributed by atoms with E-state index in [1.54, 1.807) is 18.3 Å². The molecular weight excluding hydrogens is 262 g/mol. The average Bonchev–Trinajstić information content (AvgIpc) is 2.88. The van der Waals surface area contributed by atoms with E-state index < -0.39 is 17.5 Å². The third-order valence-electron chi connectivity index (χ3n) is 2.59. The van der Waals surface area contributed by atoms with Crippen molar-refractivity contribution in [1.29, 1.82) is 0 Å². The summed E-state index contributed by atoms with van der Waals surface area (Å²) < 4.78 is 4.97. The SMILES string of the molecule is O=C(O)/C(O)=C/C(=O)c1cocc1Cc1ccccn1. The molecule has 0 aliphatic heterocycles. The molecule has 0 unspecified atom stereocenters. The van der Waals surface area contributed by atoms with E-state index in [1.807, 2.05) is 6.07 Å². The Balaban J connectivity index is 2.23. The molecule has 0 saturated heterocycles. The number of furan rings is 1. The highest BCUT2D eigenvalue weighted by molar-refractivity contribution is 6.08. The molecule has 2 heterocycles. The Labute approximate surface area is 114 Å². The first-order chi connectivity index (χ1) is 9.58. The molecule has 0 radical (unpaired) electrons. The predicted octanol–water partition coefficient (Wildman–Crippen LogP) is 1.97. The molecule has 102 valence electrons. The van der Waals surface area contributed by atoms with Crippen LogP contribution in [0, 0.1) is 0 Å². The zero-order chi connectivity index (χ0) is 14.5. The number of hydrogen-bond donors (Lipinski definition) is 2. The van der Waals surface area contributed by atoms with Gasteiger partial charge in [0.25, 0.3) is 0 Å². The maximum atomic E-state index is 11.9. The van der Waals surface area contributed by atoms with E-state index in [2.05, 4.69) is 4.98 Å². The Morgan fingerprint density at radius 2 is 2.05 bits per heavy atom. The molecule has 2 rings (SSSR count). The summed E-state index contributed by atoms with van der Waals surface area (Å²) in [5.41, 5.74) is 1.51. The number of nitrogens with zero attached hydrogens (tertiary/aromatic N) is 1. The quantitative estimate of drug-likeness (QED) is 0.490. The second-order valence-electron chi connectivity index (χ2n) is 4.01. The number of carboxylic acid groups (broad SMARTS) is 1. The minimum absolute atomic E-state index is 0.198. The van der Waals surface area contributed by atoms with Crippen LogP contribution in [0.3, 0.4) is 0 Å². The van der Waals surface area contributed by atoms with Crippen LogP contribution >= 0.6 is 0 Å². The van der Waals surface area contributed by atoms with Crippen molar-refractivity contribution in [3.8, 4) is 0 Å². The normalized spacial score (nSPS) is 11.3. The summed E-state index contributed by atoms with van der Waals surface area (Å²) in [6.07, 6.45) is 5.27. The van der Waals surface area contributed by atoms with E-state index in [4.69, 9.17) is 14.6 Å². The number of ketones is 1. The Morgan fingerprint density at radius 3 is 2.70 bits per heavy atom. The lowest BCUT2D eigenvalue weighted by Crippen LogP contribution is -2.05. The third-order valence-corrected chi connectivity index (χ3v) is 2.59. The van der Waals surface area contributed by atoms with E-state index in [-0.39, 0.29) is 5.56 Å². The number of allylic oxidation sites excluding steroid dienone is 1. The Bertz CT molecular complexity index is 657. The average molecular weight is 273 g/mol. The van der Waals surface area contributed by atoms with Crippen molar-refractivity contribution in [2.24, 2.45) is 0 Å². The maximum absolute atomic E-state index is 11.9. The summed E-state index contributed by atoms with van der Waals surface area (Å²) in [4.78, 5) is 26.5. The summed E-state index contributed by atoms with van der Waals surface area (Å²) in [6.45, 7) is 0. The first-order valence-corrected chi connectivity index (χ1v) is 5.71. The molecule has 0 aliphatic carbocycles. The largest absolute Gasteiger partial charge is 0.502 e. The zero-order valence-electron chi connectivity index (χ0n) is 10.3. The first-order valence-electron chi connectivity index (χ1n) is 5.71. The number of carbonyl (C=O) groups excluding carboxylic acids is 1. The van der Waals surface area contributed by atoms with Crippen LogP contribution in [-0.2, 0) is 11.2 Å². The van der Waals surface area contributed by atoms with Crippen molar-refractivity contribution in [3.05, 3.63) is 65.6 Å². The van der Waals surface area contributed by atoms with Crippen molar-refractivity contribution in [2.45, 2.75) is 6.42 Å². The Morgan fingerprint density at radius 1 is 1.25 bits per heavy atom. The fourth-order valence-corrected chi connectivity index (χ4v) is 1.64. The summed E-state index contributed by atoms with van der Waals surface area (Å²) in [5, 5.41) is 17.6. The molecule has 0 atom stereocenters. The van der Waals surface area contributed by atoms with Crippen LogP contribution in [0.4, 0.5) is 0 Å². The van der Waals surface area contributed by atoms with E-state index in [1.165, 1.54) is 12.5 Å². The molecule has 2 N–H and O–H groups in total. The molecular formula is C14H11NO5. The molecule has 0 aromatic carbocycles. The van der Waals surface area contributed by atoms with Crippen LogP contribution in [-0.4, -0.2) is 26.9 Å². The van der Waals surface area contributed by atoms with Gasteiger partial charge in [0, 0.05) is 30.0 Å². The zero-order valence-corrected chi connectivity index (χ0v) is 10.3. The Kier molecular flexibility index (Phi) is 3.95. The minimum atomic E-state index is -1.56. The van der Waals surface area contributed by atoms with Crippen LogP contribution < -0.4 is 0 Å². The standard InChI is InChI=1S/C14H11NO5/c16-12(6-13(17)14(18)19)11-8-20-7-9(11)5-10-3-1-2-4-15-10/h1-4,6-8,17H,5H2,(H,18,19)/b13-6-. The van der Waals surface area contributed by atoms with Gasteiger partial charge in [-0.1, -0.05) is 6.07 Å². The van der Waals surface area contributed by atoms with Gasteiger partial charge in [-0.2, -0.15) is 0 Å². The number of aromatic nitrogens is 1. The van der Waals surface area contributed by atoms with Gasteiger partial charge in [0.2, 0.25) is 5.76 Å². The molecule has 2 aromatic rings. The van der Waals surface area contributed by atoms with E-state index in [0.29, 0.717) is 18.1 Å². The van der Waals surface area contributed by atoms with Crippen LogP contribution in [0.2, 0.25) is 0 Å². The maximum Gasteiger partial charge on any atom is 0.371 e. The summed E-state index contributed by atoms with van der Waals surface area (Å²) >= 11 is 0. The fraction of sp³-hybridized carbons (Fsp3) is 0.0714. The van der Waals surface area contributed by atoms with Crippen LogP contribution in [0.25, 0.3) is 0 Å². The topological polar surface area (TPSA) is 101 Å². The number of aliphatic hydroxyl groups excluding tert-OH is 1. The van der Waals surface area contributed by atoms with Gasteiger partial charge in [0.05, 0.1) is 11.8 Å². The molecule has 0 aliphatic rings. The molecule has 6 heteroatoms. The summed E-state index contributed by atoms with van der Waals surface area (Å²) in [6, 6.07) is 5.39. The van der Waals surface area contributed by atoms with Gasteiger partial charge < -0.3 is 14.6 Å². The van der Waals surface area contributed by atoms with E-state index >= 15 is 0 Å². The highest BCUT2D eigenvalue weighted by Gasteiger charge is 2.15. The van der Waals surface area contributed by atoms with Gasteiger partial charge in [0.15, 0.2) is 5.78 Å². The molecule has 0 spiro atoms. The van der Waals surface area contributed by atoms with Crippen LogP contribution in [0.15, 0.2) is 53.2 Å². The minimum Gasteiger partial charge on any atom is -0.502 e. The van der Waals surface area contributed by atoms with E-state index in [0.717, 1.165) is 5.69 Å². The lowest BCUT2D eigenvalue weighted by Gasteiger charge is -2.00. The number of carbonyl (C=O) groups is 2. The highest BCUT2D eigenvalue weighted by atomic mass is 16.4. The second kappa shape index (κ2) is 5.83. The van der Waals surface area contributed by atoms with Crippen molar-refractivity contribution in [2.75, 3.05) is 0 Å². The molecule has 6 nitrogen and oxygen atoms in total. The number of hydrogen-bond acceptors (Lipinski definition) is 5. The van der Waals surface area contributed by atoms with Gasteiger partial charge in [-0.15, -0.1) is 0 Å². The number of aliphatic carboxylic acids is 1. The molecule has 0 bridgehead atoms. The van der Waals surface area contributed by atoms with Crippen molar-refractivity contribution in [3.63, 3.8) is 0 Å². The fourth-order valence-electron chi connectivity index (χ4n) is 1.64. The smallest absolute Gasteiger partial charge is 0.371 e. The molecule has 20 heavy (non-hydrogen) atoms. The Hall–Kier alpha value is -2.89. The second-order valence-corrected chi connectivity index (χ2v) is 4.01. The monoisotopic (exact) mass is 273 g/mol. The lowest BCUT2D eigenvalue weighted by molar-refractivity contribution is -0.135. The lowest BCUT2D eigenvalue weighted by atomic mass is 10.0. The van der Waals surface area contributed by atoms with Crippen molar-refractivity contribution < 1.29 is 24.2 Å². The van der Waals surface area contributed by atoms with Crippen molar-refractivity contribution in [1.82, 2.24) is 4.98 Å². The summed E-state index contributed by atoms with van der Waals surface area (Å²) in [5.74, 6) is -3.21. The van der Waals surface area contributed by atoms with Gasteiger partial charge >= 0.3 is 5.97 Å². The molecule has 0 saturated carbocycles.